The highest BCUT2D eigenvalue weighted by Gasteiger charge is 2.20. The Bertz CT molecular complexity index is 3080. The maximum Gasteiger partial charge on any atom is 0.164 e. The van der Waals surface area contributed by atoms with Gasteiger partial charge in [-0.3, -0.25) is 0 Å². The van der Waals surface area contributed by atoms with Gasteiger partial charge in [-0.25, -0.2) is 15.0 Å². The second-order valence-corrected chi connectivity index (χ2v) is 13.5. The summed E-state index contributed by atoms with van der Waals surface area (Å²) in [5.74, 6) is 2.76. The van der Waals surface area contributed by atoms with E-state index in [1.807, 2.05) is 54.6 Å². The van der Waals surface area contributed by atoms with Crippen LogP contribution in [0.2, 0.25) is 0 Å². The van der Waals surface area contributed by atoms with Crippen molar-refractivity contribution in [3.8, 4) is 45.3 Å². The first-order valence-corrected chi connectivity index (χ1v) is 17.6. The lowest BCUT2D eigenvalue weighted by Gasteiger charge is -2.10. The molecule has 3 aromatic heterocycles. The fourth-order valence-electron chi connectivity index (χ4n) is 7.83. The first kappa shape index (κ1) is 28.9. The summed E-state index contributed by atoms with van der Waals surface area (Å²) in [6.45, 7) is 0. The summed E-state index contributed by atoms with van der Waals surface area (Å²) in [6, 6.07) is 48.6. The largest absolute Gasteiger partial charge is 0.456 e. The van der Waals surface area contributed by atoms with Gasteiger partial charge in [0, 0.05) is 38.4 Å². The van der Waals surface area contributed by atoms with Crippen LogP contribution in [0.5, 0.6) is 0 Å². The average molecular weight is 668 g/mol. The van der Waals surface area contributed by atoms with Gasteiger partial charge in [0.2, 0.25) is 0 Å². The molecule has 52 heavy (non-hydrogen) atoms. The number of benzene rings is 7. The highest BCUT2D eigenvalue weighted by atomic mass is 16.3. The molecule has 0 atom stereocenters. The zero-order valence-corrected chi connectivity index (χ0v) is 28.0. The van der Waals surface area contributed by atoms with Crippen LogP contribution in [-0.4, -0.2) is 15.0 Å². The van der Waals surface area contributed by atoms with Crippen LogP contribution in [-0.2, 0) is 6.42 Å². The number of rotatable bonds is 4. The standard InChI is InChI=1S/C47H29N3O2/c1-2-10-30(11-3-1)45-48-46(33-22-24-41-38(27-33)35-13-6-7-15-40(35)51-41)50-47(49-45)36-14-8-16-43-44(36)39-26-32(21-23-42(39)52-43)31-20-19-29-18-17-28-9-4-5-12-34(28)37(29)25-31/h1-5,7-12,14-27H,6,13H2. The third kappa shape index (κ3) is 4.60. The normalized spacial score (nSPS) is 12.8. The minimum absolute atomic E-state index is 0.594. The molecule has 0 fully saturated rings. The third-order valence-electron chi connectivity index (χ3n) is 10.4. The van der Waals surface area contributed by atoms with E-state index in [0.29, 0.717) is 17.5 Å². The van der Waals surface area contributed by atoms with Gasteiger partial charge in [0.15, 0.2) is 17.5 Å². The summed E-state index contributed by atoms with van der Waals surface area (Å²) in [5.41, 5.74) is 8.73. The van der Waals surface area contributed by atoms with Gasteiger partial charge in [-0.2, -0.15) is 0 Å². The molecule has 5 heteroatoms. The van der Waals surface area contributed by atoms with E-state index >= 15 is 0 Å². The summed E-state index contributed by atoms with van der Waals surface area (Å²) >= 11 is 0. The van der Waals surface area contributed by atoms with Gasteiger partial charge in [-0.05, 0) is 94.1 Å². The van der Waals surface area contributed by atoms with Crippen LogP contribution in [0.15, 0.2) is 154 Å². The minimum Gasteiger partial charge on any atom is -0.456 e. The molecule has 7 aromatic carbocycles. The Morgan fingerprint density at radius 1 is 0.442 bits per heavy atom. The maximum absolute atomic E-state index is 6.47. The van der Waals surface area contributed by atoms with Gasteiger partial charge in [0.1, 0.15) is 22.5 Å². The molecule has 5 nitrogen and oxygen atoms in total. The SMILES string of the molecule is C1=Cc2oc3ccc(-c4nc(-c5ccccc5)nc(-c5cccc6oc7ccc(-c8ccc9ccc%10ccccc%10c9c8)cc7c56)n4)cc3c2CC1. The van der Waals surface area contributed by atoms with Crippen molar-refractivity contribution in [3.05, 3.63) is 157 Å². The molecule has 0 aliphatic heterocycles. The smallest absolute Gasteiger partial charge is 0.164 e. The second-order valence-electron chi connectivity index (χ2n) is 13.5. The summed E-state index contributed by atoms with van der Waals surface area (Å²) in [5, 5.41) is 8.06. The molecule has 0 radical (unpaired) electrons. The Morgan fingerprint density at radius 2 is 1.12 bits per heavy atom. The van der Waals surface area contributed by atoms with Crippen LogP contribution in [0.3, 0.4) is 0 Å². The van der Waals surface area contributed by atoms with Crippen molar-refractivity contribution in [3.63, 3.8) is 0 Å². The van der Waals surface area contributed by atoms with Gasteiger partial charge in [0.05, 0.1) is 0 Å². The number of hydrogen-bond acceptors (Lipinski definition) is 5. The van der Waals surface area contributed by atoms with Crippen molar-refractivity contribution < 1.29 is 8.83 Å². The highest BCUT2D eigenvalue weighted by molar-refractivity contribution is 6.13. The lowest BCUT2D eigenvalue weighted by molar-refractivity contribution is 0.595. The molecule has 11 rings (SSSR count). The second kappa shape index (κ2) is 11.3. The van der Waals surface area contributed by atoms with E-state index in [4.69, 9.17) is 23.8 Å². The molecule has 0 unspecified atom stereocenters. The van der Waals surface area contributed by atoms with Gasteiger partial charge >= 0.3 is 0 Å². The Hall–Kier alpha value is -6.85. The molecule has 10 aromatic rings. The first-order chi connectivity index (χ1) is 25.7. The maximum atomic E-state index is 6.47. The Labute approximate surface area is 298 Å². The molecule has 0 saturated heterocycles. The van der Waals surface area contributed by atoms with Gasteiger partial charge < -0.3 is 8.83 Å². The van der Waals surface area contributed by atoms with Crippen LogP contribution < -0.4 is 0 Å². The number of aromatic nitrogens is 3. The molecule has 0 amide bonds. The zero-order valence-electron chi connectivity index (χ0n) is 28.0. The van der Waals surface area contributed by atoms with Crippen LogP contribution >= 0.6 is 0 Å². The van der Waals surface area contributed by atoms with Crippen molar-refractivity contribution in [1.29, 1.82) is 0 Å². The molecule has 0 bridgehead atoms. The van der Waals surface area contributed by atoms with Crippen LogP contribution in [0.25, 0.3) is 106 Å². The van der Waals surface area contributed by atoms with Crippen LogP contribution in [0, 0.1) is 0 Å². The topological polar surface area (TPSA) is 65.0 Å². The highest BCUT2D eigenvalue weighted by Crippen LogP contribution is 2.40. The van der Waals surface area contributed by atoms with Crippen molar-refractivity contribution in [2.24, 2.45) is 0 Å². The van der Waals surface area contributed by atoms with E-state index in [1.165, 1.54) is 27.1 Å². The van der Waals surface area contributed by atoms with Gasteiger partial charge in [0.25, 0.3) is 0 Å². The summed E-state index contributed by atoms with van der Waals surface area (Å²) < 4.78 is 12.6. The number of fused-ring (bicyclic) bond motifs is 9. The quantitative estimate of drug-likeness (QED) is 0.175. The summed E-state index contributed by atoms with van der Waals surface area (Å²) in [6.07, 6.45) is 6.20. The number of furan rings is 2. The Morgan fingerprint density at radius 3 is 2.00 bits per heavy atom. The average Bonchev–Trinajstić information content (AvgIpc) is 3.78. The fraction of sp³-hybridized carbons (Fsp3) is 0.0426. The molecule has 0 spiro atoms. The summed E-state index contributed by atoms with van der Waals surface area (Å²) in [7, 11) is 0. The number of nitrogens with zero attached hydrogens (tertiary/aromatic N) is 3. The van der Waals surface area contributed by atoms with E-state index in [1.54, 1.807) is 0 Å². The summed E-state index contributed by atoms with van der Waals surface area (Å²) in [4.78, 5) is 15.3. The Kier molecular flexibility index (Phi) is 6.31. The van der Waals surface area contributed by atoms with E-state index in [-0.39, 0.29) is 0 Å². The Balaban J connectivity index is 1.10. The molecular weight excluding hydrogens is 639 g/mol. The predicted octanol–water partition coefficient (Wildman–Crippen LogP) is 12.5. The first-order valence-electron chi connectivity index (χ1n) is 17.6. The van der Waals surface area contributed by atoms with Gasteiger partial charge in [-0.1, -0.05) is 103 Å². The third-order valence-corrected chi connectivity index (χ3v) is 10.4. The molecule has 3 heterocycles. The molecule has 0 N–H and O–H groups in total. The molecule has 1 aliphatic rings. The number of allylic oxidation sites excluding steroid dienone is 1. The van der Waals surface area contributed by atoms with E-state index in [9.17, 15) is 0 Å². The minimum atomic E-state index is 0.594. The molecule has 0 saturated carbocycles. The van der Waals surface area contributed by atoms with E-state index in [0.717, 1.165) is 79.3 Å². The lowest BCUT2D eigenvalue weighted by Crippen LogP contribution is -2.00. The molecule has 244 valence electrons. The van der Waals surface area contributed by atoms with E-state index < -0.39 is 0 Å². The van der Waals surface area contributed by atoms with Crippen molar-refractivity contribution in [2.45, 2.75) is 12.8 Å². The monoisotopic (exact) mass is 667 g/mol. The number of hydrogen-bond donors (Lipinski definition) is 0. The molecule has 1 aliphatic carbocycles. The van der Waals surface area contributed by atoms with Crippen molar-refractivity contribution in [2.75, 3.05) is 0 Å². The van der Waals surface area contributed by atoms with Crippen molar-refractivity contribution >= 4 is 60.5 Å². The lowest BCUT2D eigenvalue weighted by atomic mass is 9.96. The van der Waals surface area contributed by atoms with Crippen LogP contribution in [0.1, 0.15) is 17.7 Å². The zero-order chi connectivity index (χ0) is 34.2. The number of aryl methyl sites for hydroxylation is 1. The van der Waals surface area contributed by atoms with E-state index in [2.05, 4.69) is 97.1 Å². The predicted molar refractivity (Wildman–Crippen MR) is 211 cm³/mol. The van der Waals surface area contributed by atoms with Crippen LogP contribution in [0.4, 0.5) is 0 Å². The molecular formula is C47H29N3O2. The van der Waals surface area contributed by atoms with Gasteiger partial charge in [-0.15, -0.1) is 0 Å². The fourth-order valence-corrected chi connectivity index (χ4v) is 7.83. The van der Waals surface area contributed by atoms with Crippen molar-refractivity contribution in [1.82, 2.24) is 15.0 Å².